The van der Waals surface area contributed by atoms with E-state index in [9.17, 15) is 0 Å². The minimum absolute atomic E-state index is 0. The van der Waals surface area contributed by atoms with Gasteiger partial charge < -0.3 is 10.6 Å². The number of nitrogens with one attached hydrogen (secondary N) is 2. The van der Waals surface area contributed by atoms with E-state index in [1.165, 1.54) is 10.4 Å². The summed E-state index contributed by atoms with van der Waals surface area (Å²) in [7, 11) is 1.80. The zero-order chi connectivity index (χ0) is 16.8. The molecule has 2 rings (SSSR count). The second-order valence-corrected chi connectivity index (χ2v) is 7.08. The van der Waals surface area contributed by atoms with Gasteiger partial charge in [-0.3, -0.25) is 4.99 Å². The highest BCUT2D eigenvalue weighted by molar-refractivity contribution is 14.0. The first-order valence-electron chi connectivity index (χ1n) is 8.00. The van der Waals surface area contributed by atoms with E-state index in [4.69, 9.17) is 4.98 Å². The molecule has 132 valence electrons. The second kappa shape index (κ2) is 9.98. The molecule has 0 aliphatic heterocycles. The Morgan fingerprint density at radius 1 is 1.21 bits per heavy atom. The van der Waals surface area contributed by atoms with Gasteiger partial charge in [0.25, 0.3) is 0 Å². The van der Waals surface area contributed by atoms with Crippen LogP contribution >= 0.6 is 35.3 Å². The van der Waals surface area contributed by atoms with E-state index in [-0.39, 0.29) is 24.0 Å². The van der Waals surface area contributed by atoms with E-state index in [0.717, 1.165) is 23.2 Å². The molecule has 0 fully saturated rings. The average molecular weight is 458 g/mol. The molecule has 0 amide bonds. The number of rotatable bonds is 5. The molecule has 1 heterocycles. The van der Waals surface area contributed by atoms with E-state index in [1.807, 2.05) is 18.2 Å². The Bertz CT molecular complexity index is 652. The molecule has 0 aliphatic rings. The summed E-state index contributed by atoms with van der Waals surface area (Å²) in [5.74, 6) is 1.39. The van der Waals surface area contributed by atoms with Gasteiger partial charge in [-0.25, -0.2) is 4.98 Å². The number of aryl methyl sites for hydroxylation is 1. The lowest BCUT2D eigenvalue weighted by molar-refractivity contribution is 0.481. The summed E-state index contributed by atoms with van der Waals surface area (Å²) in [5.41, 5.74) is 2.25. The van der Waals surface area contributed by atoms with Gasteiger partial charge in [0.15, 0.2) is 5.96 Å². The molecular weight excluding hydrogens is 431 g/mol. The highest BCUT2D eigenvalue weighted by atomic mass is 127. The first-order valence-corrected chi connectivity index (χ1v) is 8.81. The van der Waals surface area contributed by atoms with E-state index in [1.54, 1.807) is 18.4 Å². The lowest BCUT2D eigenvalue weighted by Gasteiger charge is -2.20. The SMILES string of the molecule is CN=C(NCc1sc(-c2ccccc2)nc1C)NC(C)C(C)C.I. The topological polar surface area (TPSA) is 49.3 Å². The third-order valence-corrected chi connectivity index (χ3v) is 5.12. The minimum atomic E-state index is 0. The molecule has 1 atom stereocenters. The molecule has 1 aromatic heterocycles. The molecule has 1 aromatic carbocycles. The summed E-state index contributed by atoms with van der Waals surface area (Å²) < 4.78 is 0. The van der Waals surface area contributed by atoms with Gasteiger partial charge in [0.2, 0.25) is 0 Å². The number of aliphatic imine (C=N–C) groups is 1. The molecule has 0 saturated heterocycles. The Kier molecular flexibility index (Phi) is 8.69. The van der Waals surface area contributed by atoms with Crippen LogP contribution in [-0.4, -0.2) is 24.0 Å². The number of thiazole rings is 1. The van der Waals surface area contributed by atoms with Crippen LogP contribution in [-0.2, 0) is 6.54 Å². The van der Waals surface area contributed by atoms with Crippen LogP contribution in [0.5, 0.6) is 0 Å². The number of guanidine groups is 1. The van der Waals surface area contributed by atoms with Crippen molar-refractivity contribution in [3.05, 3.63) is 40.9 Å². The fourth-order valence-corrected chi connectivity index (χ4v) is 3.04. The van der Waals surface area contributed by atoms with Crippen LogP contribution in [0.25, 0.3) is 10.6 Å². The average Bonchev–Trinajstić information content (AvgIpc) is 2.93. The summed E-state index contributed by atoms with van der Waals surface area (Å²) in [6.45, 7) is 9.37. The molecular formula is C18H27IN4S. The highest BCUT2D eigenvalue weighted by Gasteiger charge is 2.12. The number of aromatic nitrogens is 1. The number of hydrogen-bond acceptors (Lipinski definition) is 3. The number of hydrogen-bond donors (Lipinski definition) is 2. The van der Waals surface area contributed by atoms with Crippen molar-refractivity contribution >= 4 is 41.3 Å². The predicted octanol–water partition coefficient (Wildman–Crippen LogP) is 4.45. The van der Waals surface area contributed by atoms with E-state index >= 15 is 0 Å². The normalized spacial score (nSPS) is 12.7. The number of halogens is 1. The summed E-state index contributed by atoms with van der Waals surface area (Å²) in [6.07, 6.45) is 0. The van der Waals surface area contributed by atoms with Crippen molar-refractivity contribution < 1.29 is 0 Å². The first-order chi connectivity index (χ1) is 11.0. The van der Waals surface area contributed by atoms with Gasteiger partial charge in [-0.15, -0.1) is 35.3 Å². The van der Waals surface area contributed by atoms with Crippen molar-refractivity contribution in [2.24, 2.45) is 10.9 Å². The van der Waals surface area contributed by atoms with Crippen LogP contribution < -0.4 is 10.6 Å². The standard InChI is InChI=1S/C18H26N4S.HI/c1-12(2)13(3)22-18(19-5)20-11-16-14(4)21-17(23-16)15-9-7-6-8-10-15;/h6-10,12-13H,11H2,1-5H3,(H2,19,20,22);1H. The Balaban J connectivity index is 0.00000288. The van der Waals surface area contributed by atoms with Crippen molar-refractivity contribution in [3.63, 3.8) is 0 Å². The Morgan fingerprint density at radius 3 is 2.46 bits per heavy atom. The summed E-state index contributed by atoms with van der Waals surface area (Å²) in [4.78, 5) is 10.2. The van der Waals surface area contributed by atoms with Crippen LogP contribution in [0.2, 0.25) is 0 Å². The van der Waals surface area contributed by atoms with Crippen LogP contribution in [0, 0.1) is 12.8 Å². The van der Waals surface area contributed by atoms with Crippen molar-refractivity contribution in [3.8, 4) is 10.6 Å². The lowest BCUT2D eigenvalue weighted by Crippen LogP contribution is -2.43. The highest BCUT2D eigenvalue weighted by Crippen LogP contribution is 2.27. The van der Waals surface area contributed by atoms with Crippen LogP contribution in [0.4, 0.5) is 0 Å². The van der Waals surface area contributed by atoms with Crippen LogP contribution in [0.1, 0.15) is 31.3 Å². The third kappa shape index (κ3) is 5.73. The number of benzene rings is 1. The van der Waals surface area contributed by atoms with Gasteiger partial charge in [-0.2, -0.15) is 0 Å². The maximum atomic E-state index is 4.69. The summed E-state index contributed by atoms with van der Waals surface area (Å²) >= 11 is 1.73. The molecule has 0 radical (unpaired) electrons. The predicted molar refractivity (Wildman–Crippen MR) is 115 cm³/mol. The van der Waals surface area contributed by atoms with Crippen molar-refractivity contribution in [2.45, 2.75) is 40.3 Å². The second-order valence-electron chi connectivity index (χ2n) is 6.00. The summed E-state index contributed by atoms with van der Waals surface area (Å²) in [5, 5.41) is 7.87. The van der Waals surface area contributed by atoms with Crippen LogP contribution in [0.3, 0.4) is 0 Å². The molecule has 0 bridgehead atoms. The first kappa shape index (κ1) is 20.9. The van der Waals surface area contributed by atoms with Gasteiger partial charge in [-0.1, -0.05) is 44.2 Å². The zero-order valence-electron chi connectivity index (χ0n) is 15.0. The number of nitrogens with zero attached hydrogens (tertiary/aromatic N) is 2. The third-order valence-electron chi connectivity index (χ3n) is 3.92. The Hall–Kier alpha value is -1.15. The van der Waals surface area contributed by atoms with Gasteiger partial charge in [0, 0.05) is 23.5 Å². The van der Waals surface area contributed by atoms with E-state index in [2.05, 4.69) is 55.5 Å². The molecule has 4 nitrogen and oxygen atoms in total. The molecule has 6 heteroatoms. The molecule has 2 aromatic rings. The van der Waals surface area contributed by atoms with Crippen LogP contribution in [0.15, 0.2) is 35.3 Å². The Labute approximate surface area is 166 Å². The largest absolute Gasteiger partial charge is 0.354 e. The van der Waals surface area contributed by atoms with Gasteiger partial charge in [0.05, 0.1) is 12.2 Å². The monoisotopic (exact) mass is 458 g/mol. The summed E-state index contributed by atoms with van der Waals surface area (Å²) in [6, 6.07) is 10.7. The van der Waals surface area contributed by atoms with Gasteiger partial charge >= 0.3 is 0 Å². The molecule has 0 saturated carbocycles. The fourth-order valence-electron chi connectivity index (χ4n) is 2.04. The maximum Gasteiger partial charge on any atom is 0.191 e. The molecule has 24 heavy (non-hydrogen) atoms. The van der Waals surface area contributed by atoms with Gasteiger partial charge in [-0.05, 0) is 19.8 Å². The molecule has 0 spiro atoms. The zero-order valence-corrected chi connectivity index (χ0v) is 18.1. The quantitative estimate of drug-likeness (QED) is 0.396. The molecule has 1 unspecified atom stereocenters. The van der Waals surface area contributed by atoms with Crippen molar-refractivity contribution in [1.29, 1.82) is 0 Å². The maximum absolute atomic E-state index is 4.69. The fraction of sp³-hybridized carbons (Fsp3) is 0.444. The van der Waals surface area contributed by atoms with Crippen molar-refractivity contribution in [1.82, 2.24) is 15.6 Å². The molecule has 2 N–H and O–H groups in total. The van der Waals surface area contributed by atoms with Gasteiger partial charge in [0.1, 0.15) is 5.01 Å². The smallest absolute Gasteiger partial charge is 0.191 e. The lowest BCUT2D eigenvalue weighted by atomic mass is 10.1. The van der Waals surface area contributed by atoms with Crippen molar-refractivity contribution in [2.75, 3.05) is 7.05 Å². The van der Waals surface area contributed by atoms with E-state index in [0.29, 0.717) is 12.0 Å². The minimum Gasteiger partial charge on any atom is -0.354 e. The molecule has 0 aliphatic carbocycles. The Morgan fingerprint density at radius 2 is 1.88 bits per heavy atom. The van der Waals surface area contributed by atoms with E-state index < -0.39 is 0 Å².